The van der Waals surface area contributed by atoms with Crippen molar-refractivity contribution >= 4 is 0 Å². The van der Waals surface area contributed by atoms with Gasteiger partial charge >= 0.3 is 0 Å². The van der Waals surface area contributed by atoms with Gasteiger partial charge in [0.2, 0.25) is 0 Å². The van der Waals surface area contributed by atoms with E-state index >= 15 is 0 Å². The SMILES string of the molecule is CCCCC1CN(C(C)C)CC1N. The molecule has 0 bridgehead atoms. The molecule has 2 atom stereocenters. The van der Waals surface area contributed by atoms with E-state index in [1.54, 1.807) is 0 Å². The van der Waals surface area contributed by atoms with Crippen molar-refractivity contribution in [2.45, 2.75) is 52.1 Å². The van der Waals surface area contributed by atoms with Crippen LogP contribution < -0.4 is 5.73 Å². The van der Waals surface area contributed by atoms with E-state index in [1.165, 1.54) is 25.8 Å². The number of unbranched alkanes of at least 4 members (excludes halogenated alkanes) is 1. The summed E-state index contributed by atoms with van der Waals surface area (Å²) in [5.41, 5.74) is 6.11. The van der Waals surface area contributed by atoms with E-state index in [1.807, 2.05) is 0 Å². The van der Waals surface area contributed by atoms with Gasteiger partial charge < -0.3 is 5.73 Å². The number of nitrogens with zero attached hydrogens (tertiary/aromatic N) is 1. The van der Waals surface area contributed by atoms with Crippen molar-refractivity contribution < 1.29 is 0 Å². The zero-order valence-corrected chi connectivity index (χ0v) is 9.29. The Morgan fingerprint density at radius 3 is 2.54 bits per heavy atom. The molecular formula is C11H24N2. The number of nitrogens with two attached hydrogens (primary N) is 1. The Bertz CT molecular complexity index is 145. The highest BCUT2D eigenvalue weighted by Gasteiger charge is 2.30. The monoisotopic (exact) mass is 184 g/mol. The Kier molecular flexibility index (Phi) is 4.20. The van der Waals surface area contributed by atoms with Crippen molar-refractivity contribution in [2.24, 2.45) is 11.7 Å². The fourth-order valence-corrected chi connectivity index (χ4v) is 2.12. The number of hydrogen-bond acceptors (Lipinski definition) is 2. The van der Waals surface area contributed by atoms with Crippen LogP contribution in [0.1, 0.15) is 40.0 Å². The third-order valence-corrected chi connectivity index (χ3v) is 3.18. The molecule has 0 aromatic rings. The molecule has 2 nitrogen and oxygen atoms in total. The summed E-state index contributed by atoms with van der Waals surface area (Å²) < 4.78 is 0. The summed E-state index contributed by atoms with van der Waals surface area (Å²) in [7, 11) is 0. The van der Waals surface area contributed by atoms with Crippen LogP contribution in [0.3, 0.4) is 0 Å². The van der Waals surface area contributed by atoms with Gasteiger partial charge in [-0.05, 0) is 26.2 Å². The molecule has 0 aromatic carbocycles. The van der Waals surface area contributed by atoms with Crippen molar-refractivity contribution in [3.8, 4) is 0 Å². The molecule has 1 aliphatic rings. The van der Waals surface area contributed by atoms with Crippen molar-refractivity contribution in [2.75, 3.05) is 13.1 Å². The summed E-state index contributed by atoms with van der Waals surface area (Å²) in [6, 6.07) is 1.09. The highest BCUT2D eigenvalue weighted by Crippen LogP contribution is 2.22. The Morgan fingerprint density at radius 2 is 2.08 bits per heavy atom. The fraction of sp³-hybridized carbons (Fsp3) is 1.00. The maximum absolute atomic E-state index is 6.11. The second-order valence-corrected chi connectivity index (χ2v) is 4.61. The van der Waals surface area contributed by atoms with Crippen LogP contribution in [0.2, 0.25) is 0 Å². The third kappa shape index (κ3) is 2.96. The molecule has 1 fully saturated rings. The molecule has 1 heterocycles. The zero-order valence-electron chi connectivity index (χ0n) is 9.29. The third-order valence-electron chi connectivity index (χ3n) is 3.18. The standard InChI is InChI=1S/C11H24N2/c1-4-5-6-10-7-13(9(2)3)8-11(10)12/h9-11H,4-8,12H2,1-3H3. The molecule has 2 unspecified atom stereocenters. The average molecular weight is 184 g/mol. The Hall–Kier alpha value is -0.0800. The van der Waals surface area contributed by atoms with Crippen LogP contribution in [-0.4, -0.2) is 30.1 Å². The van der Waals surface area contributed by atoms with E-state index in [0.717, 1.165) is 12.5 Å². The molecule has 0 radical (unpaired) electrons. The van der Waals surface area contributed by atoms with Crippen LogP contribution in [0.25, 0.3) is 0 Å². The quantitative estimate of drug-likeness (QED) is 0.722. The maximum atomic E-state index is 6.11. The Labute approximate surface area is 82.5 Å². The molecular weight excluding hydrogens is 160 g/mol. The predicted molar refractivity (Wildman–Crippen MR) is 57.7 cm³/mol. The molecule has 78 valence electrons. The van der Waals surface area contributed by atoms with Gasteiger partial charge in [-0.2, -0.15) is 0 Å². The number of hydrogen-bond donors (Lipinski definition) is 1. The van der Waals surface area contributed by atoms with Gasteiger partial charge in [0.1, 0.15) is 0 Å². The Balaban J connectivity index is 2.33. The summed E-state index contributed by atoms with van der Waals surface area (Å²) in [6.45, 7) is 9.09. The molecule has 0 spiro atoms. The van der Waals surface area contributed by atoms with Gasteiger partial charge in [-0.25, -0.2) is 0 Å². The summed E-state index contributed by atoms with van der Waals surface area (Å²) in [5, 5.41) is 0. The molecule has 0 amide bonds. The molecule has 0 aromatic heterocycles. The lowest BCUT2D eigenvalue weighted by Gasteiger charge is -2.19. The van der Waals surface area contributed by atoms with Crippen LogP contribution in [0.4, 0.5) is 0 Å². The average Bonchev–Trinajstić information content (AvgIpc) is 2.44. The van der Waals surface area contributed by atoms with Crippen LogP contribution in [-0.2, 0) is 0 Å². The van der Waals surface area contributed by atoms with Gasteiger partial charge in [0, 0.05) is 25.2 Å². The molecule has 0 saturated carbocycles. The molecule has 1 aliphatic heterocycles. The molecule has 2 heteroatoms. The van der Waals surface area contributed by atoms with Crippen molar-refractivity contribution in [3.05, 3.63) is 0 Å². The van der Waals surface area contributed by atoms with Crippen LogP contribution in [0.5, 0.6) is 0 Å². The van der Waals surface area contributed by atoms with Crippen molar-refractivity contribution in [1.29, 1.82) is 0 Å². The molecule has 1 rings (SSSR count). The van der Waals surface area contributed by atoms with Gasteiger partial charge in [-0.3, -0.25) is 4.90 Å². The first-order chi connectivity index (χ1) is 6.15. The van der Waals surface area contributed by atoms with Gasteiger partial charge in [-0.1, -0.05) is 19.8 Å². The van der Waals surface area contributed by atoms with Gasteiger partial charge in [-0.15, -0.1) is 0 Å². The summed E-state index contributed by atoms with van der Waals surface area (Å²) in [4.78, 5) is 2.50. The first-order valence-corrected chi connectivity index (χ1v) is 5.64. The highest BCUT2D eigenvalue weighted by molar-refractivity contribution is 4.87. The lowest BCUT2D eigenvalue weighted by molar-refractivity contribution is 0.262. The minimum atomic E-state index is 0.425. The molecule has 0 aliphatic carbocycles. The van der Waals surface area contributed by atoms with Crippen molar-refractivity contribution in [3.63, 3.8) is 0 Å². The van der Waals surface area contributed by atoms with E-state index in [0.29, 0.717) is 12.1 Å². The first-order valence-electron chi connectivity index (χ1n) is 5.64. The van der Waals surface area contributed by atoms with Crippen molar-refractivity contribution in [1.82, 2.24) is 4.90 Å². The highest BCUT2D eigenvalue weighted by atomic mass is 15.2. The first kappa shape index (κ1) is 11.0. The maximum Gasteiger partial charge on any atom is 0.0208 e. The van der Waals surface area contributed by atoms with Gasteiger partial charge in [0.15, 0.2) is 0 Å². The molecule has 2 N–H and O–H groups in total. The summed E-state index contributed by atoms with van der Waals surface area (Å²) in [5.74, 6) is 0.752. The lowest BCUT2D eigenvalue weighted by atomic mass is 9.98. The largest absolute Gasteiger partial charge is 0.326 e. The normalized spacial score (nSPS) is 30.2. The van der Waals surface area contributed by atoms with E-state index in [9.17, 15) is 0 Å². The van der Waals surface area contributed by atoms with Crippen LogP contribution in [0, 0.1) is 5.92 Å². The molecule has 13 heavy (non-hydrogen) atoms. The van der Waals surface area contributed by atoms with E-state index in [4.69, 9.17) is 5.73 Å². The van der Waals surface area contributed by atoms with Crippen LogP contribution in [0.15, 0.2) is 0 Å². The van der Waals surface area contributed by atoms with E-state index in [2.05, 4.69) is 25.7 Å². The minimum Gasteiger partial charge on any atom is -0.326 e. The number of likely N-dealkylation sites (tertiary alicyclic amines) is 1. The van der Waals surface area contributed by atoms with E-state index in [-0.39, 0.29) is 0 Å². The predicted octanol–water partition coefficient (Wildman–Crippen LogP) is 1.84. The van der Waals surface area contributed by atoms with Gasteiger partial charge in [0.25, 0.3) is 0 Å². The van der Waals surface area contributed by atoms with Crippen LogP contribution >= 0.6 is 0 Å². The van der Waals surface area contributed by atoms with Gasteiger partial charge in [0.05, 0.1) is 0 Å². The smallest absolute Gasteiger partial charge is 0.0208 e. The Morgan fingerprint density at radius 1 is 1.38 bits per heavy atom. The lowest BCUT2D eigenvalue weighted by Crippen LogP contribution is -2.32. The summed E-state index contributed by atoms with van der Waals surface area (Å²) >= 11 is 0. The fourth-order valence-electron chi connectivity index (χ4n) is 2.12. The zero-order chi connectivity index (χ0) is 9.84. The second-order valence-electron chi connectivity index (χ2n) is 4.61. The minimum absolute atomic E-state index is 0.425. The second kappa shape index (κ2) is 4.97. The summed E-state index contributed by atoms with van der Waals surface area (Å²) in [6.07, 6.45) is 3.95. The molecule has 1 saturated heterocycles. The number of rotatable bonds is 4. The topological polar surface area (TPSA) is 29.3 Å². The van der Waals surface area contributed by atoms with E-state index < -0.39 is 0 Å².